The first-order valence-corrected chi connectivity index (χ1v) is 14.2. The van der Waals surface area contributed by atoms with E-state index in [0.717, 1.165) is 80.4 Å². The molecule has 0 amide bonds. The molecule has 2 atom stereocenters. The van der Waals surface area contributed by atoms with Crippen LogP contribution in [-0.4, -0.2) is 37.2 Å². The average Bonchev–Trinajstić information content (AvgIpc) is 3.17. The van der Waals surface area contributed by atoms with Crippen LogP contribution in [-0.2, 0) is 4.79 Å². The highest BCUT2D eigenvalue weighted by Gasteiger charge is 2.29. The maximum absolute atomic E-state index is 13.6. The topological polar surface area (TPSA) is 49.4 Å². The van der Waals surface area contributed by atoms with E-state index in [0.29, 0.717) is 18.2 Å². The summed E-state index contributed by atoms with van der Waals surface area (Å²) >= 11 is 1.73. The van der Waals surface area contributed by atoms with E-state index in [1.54, 1.807) is 11.3 Å². The fraction of sp³-hybridized carbons (Fsp3) is 0.655. The van der Waals surface area contributed by atoms with Crippen molar-refractivity contribution in [2.24, 2.45) is 11.8 Å². The normalized spacial score (nSPS) is 20.8. The number of carbonyl (C=O) groups excluding carboxylic acids is 2. The van der Waals surface area contributed by atoms with Gasteiger partial charge < -0.3 is 10.2 Å². The van der Waals surface area contributed by atoms with E-state index in [9.17, 15) is 9.59 Å². The molecule has 0 aromatic carbocycles. The van der Waals surface area contributed by atoms with Gasteiger partial charge in [0.1, 0.15) is 0 Å². The lowest BCUT2D eigenvalue weighted by atomic mass is 9.85. The number of nitrogens with one attached hydrogen (secondary N) is 1. The number of piperidine rings is 1. The molecule has 34 heavy (non-hydrogen) atoms. The molecule has 5 heteroatoms. The van der Waals surface area contributed by atoms with Gasteiger partial charge in [-0.3, -0.25) is 9.59 Å². The monoisotopic (exact) mass is 484 g/mol. The number of carbonyl (C=O) groups is 2. The zero-order valence-corrected chi connectivity index (χ0v) is 22.9. The lowest BCUT2D eigenvalue weighted by Gasteiger charge is -2.35. The molecule has 4 nitrogen and oxygen atoms in total. The maximum atomic E-state index is 13.6. The molecule has 1 aliphatic heterocycles. The van der Waals surface area contributed by atoms with Crippen LogP contribution in [0.4, 0.5) is 5.00 Å². The number of hydrogen-bond acceptors (Lipinski definition) is 5. The molecule has 1 fully saturated rings. The molecule has 1 aliphatic carbocycles. The Morgan fingerprint density at radius 1 is 1.18 bits per heavy atom. The van der Waals surface area contributed by atoms with Crippen molar-refractivity contribution in [2.45, 2.75) is 92.5 Å². The standard InChI is InChI=1S/C29H44N2O2S/c1-7-22(10-11-25-20(5)16-19(4)17-23(8-2)28(25)33)27(32)26-18-34-29(21(26)6)31(9-3)24-12-14-30-15-13-24/h16,18,22-24,30H,7-15,17H2,1-6H3. The van der Waals surface area contributed by atoms with Crippen molar-refractivity contribution in [3.8, 4) is 0 Å². The molecule has 0 saturated carbocycles. The van der Waals surface area contributed by atoms with Gasteiger partial charge in [-0.2, -0.15) is 0 Å². The third kappa shape index (κ3) is 5.91. The highest BCUT2D eigenvalue weighted by atomic mass is 32.1. The van der Waals surface area contributed by atoms with E-state index in [4.69, 9.17) is 0 Å². The summed E-state index contributed by atoms with van der Waals surface area (Å²) in [6.45, 7) is 15.8. The fourth-order valence-corrected chi connectivity index (χ4v) is 6.99. The Labute approximate surface area is 210 Å². The number of allylic oxidation sites excluding steroid dienone is 4. The number of nitrogens with zero attached hydrogens (tertiary/aromatic N) is 1. The number of thiophene rings is 1. The second-order valence-electron chi connectivity index (χ2n) is 10.2. The molecule has 188 valence electrons. The van der Waals surface area contributed by atoms with Gasteiger partial charge in [0.2, 0.25) is 0 Å². The summed E-state index contributed by atoms with van der Waals surface area (Å²) in [5.41, 5.74) is 5.35. The summed E-state index contributed by atoms with van der Waals surface area (Å²) in [7, 11) is 0. The molecule has 1 saturated heterocycles. The van der Waals surface area contributed by atoms with E-state index in [1.165, 1.54) is 10.6 Å². The highest BCUT2D eigenvalue weighted by Crippen LogP contribution is 2.36. The van der Waals surface area contributed by atoms with Gasteiger partial charge in [0.15, 0.2) is 11.6 Å². The van der Waals surface area contributed by atoms with Crippen molar-refractivity contribution >= 4 is 27.9 Å². The van der Waals surface area contributed by atoms with Gasteiger partial charge in [0.25, 0.3) is 0 Å². The number of Topliss-reactive ketones (excluding diaryl/α,β-unsaturated/α-hetero) is 2. The Balaban J connectivity index is 1.76. The predicted octanol–water partition coefficient (Wildman–Crippen LogP) is 6.89. The van der Waals surface area contributed by atoms with Gasteiger partial charge in [0, 0.05) is 35.4 Å². The molecule has 2 aliphatic rings. The van der Waals surface area contributed by atoms with E-state index >= 15 is 0 Å². The quantitative estimate of drug-likeness (QED) is 0.368. The van der Waals surface area contributed by atoms with Crippen LogP contribution in [0.25, 0.3) is 0 Å². The lowest BCUT2D eigenvalue weighted by molar-refractivity contribution is -0.119. The van der Waals surface area contributed by atoms with Crippen LogP contribution in [0.1, 0.15) is 95.5 Å². The van der Waals surface area contributed by atoms with Gasteiger partial charge in [-0.15, -0.1) is 11.3 Å². The lowest BCUT2D eigenvalue weighted by Crippen LogP contribution is -2.43. The molecular weight excluding hydrogens is 440 g/mol. The van der Waals surface area contributed by atoms with E-state index in [-0.39, 0.29) is 17.6 Å². The van der Waals surface area contributed by atoms with Crippen molar-refractivity contribution in [1.29, 1.82) is 0 Å². The Kier molecular flexibility index (Phi) is 9.73. The van der Waals surface area contributed by atoms with Crippen LogP contribution in [0.3, 0.4) is 0 Å². The zero-order chi connectivity index (χ0) is 24.8. The van der Waals surface area contributed by atoms with Gasteiger partial charge in [-0.05, 0) is 102 Å². The van der Waals surface area contributed by atoms with Crippen molar-refractivity contribution < 1.29 is 9.59 Å². The highest BCUT2D eigenvalue weighted by molar-refractivity contribution is 7.14. The Morgan fingerprint density at radius 2 is 1.88 bits per heavy atom. The van der Waals surface area contributed by atoms with Crippen molar-refractivity contribution in [3.63, 3.8) is 0 Å². The molecule has 1 aromatic rings. The van der Waals surface area contributed by atoms with Crippen molar-refractivity contribution in [3.05, 3.63) is 39.3 Å². The minimum Gasteiger partial charge on any atom is -0.360 e. The predicted molar refractivity (Wildman–Crippen MR) is 145 cm³/mol. The smallest absolute Gasteiger partial charge is 0.167 e. The second kappa shape index (κ2) is 12.3. The van der Waals surface area contributed by atoms with E-state index in [1.807, 2.05) is 0 Å². The number of hydrogen-bond donors (Lipinski definition) is 1. The minimum absolute atomic E-state index is 0.0448. The number of ketones is 2. The first-order chi connectivity index (χ1) is 16.3. The Morgan fingerprint density at radius 3 is 2.50 bits per heavy atom. The molecule has 1 aromatic heterocycles. The summed E-state index contributed by atoms with van der Waals surface area (Å²) in [5, 5.41) is 6.80. The SMILES string of the molecule is CCC1CC(C)=CC(C)=C(CCC(CC)C(=O)c2csc(N(CC)C3CCNCC3)c2C)C1=O. The third-order valence-electron chi connectivity index (χ3n) is 7.90. The van der Waals surface area contributed by atoms with Gasteiger partial charge in [0.05, 0.1) is 5.00 Å². The third-order valence-corrected chi connectivity index (χ3v) is 9.02. The molecule has 3 rings (SSSR count). The van der Waals surface area contributed by atoms with Crippen LogP contribution in [0, 0.1) is 18.8 Å². The first-order valence-electron chi connectivity index (χ1n) is 13.3. The molecule has 0 bridgehead atoms. The largest absolute Gasteiger partial charge is 0.360 e. The summed E-state index contributed by atoms with van der Waals surface area (Å²) in [4.78, 5) is 29.4. The molecule has 1 N–H and O–H groups in total. The van der Waals surface area contributed by atoms with Crippen LogP contribution in [0.5, 0.6) is 0 Å². The number of anilines is 1. The summed E-state index contributed by atoms with van der Waals surface area (Å²) in [5.74, 6) is 0.583. The summed E-state index contributed by atoms with van der Waals surface area (Å²) < 4.78 is 0. The average molecular weight is 485 g/mol. The Bertz CT molecular complexity index is 936. The minimum atomic E-state index is -0.0448. The fourth-order valence-electron chi connectivity index (χ4n) is 5.77. The van der Waals surface area contributed by atoms with Crippen LogP contribution in [0.15, 0.2) is 28.2 Å². The summed E-state index contributed by atoms with van der Waals surface area (Å²) in [6, 6.07) is 0.549. The molecule has 0 radical (unpaired) electrons. The molecule has 2 heterocycles. The first kappa shape index (κ1) is 26.9. The molecule has 0 spiro atoms. The van der Waals surface area contributed by atoms with Crippen molar-refractivity contribution in [2.75, 3.05) is 24.5 Å². The molecule has 2 unspecified atom stereocenters. The van der Waals surface area contributed by atoms with E-state index in [2.05, 4.69) is 63.2 Å². The number of rotatable bonds is 10. The summed E-state index contributed by atoms with van der Waals surface area (Å²) in [6.07, 6.45) is 8.47. The second-order valence-corrected chi connectivity index (χ2v) is 11.0. The van der Waals surface area contributed by atoms with Crippen LogP contribution in [0.2, 0.25) is 0 Å². The van der Waals surface area contributed by atoms with E-state index < -0.39 is 0 Å². The van der Waals surface area contributed by atoms with Crippen LogP contribution >= 0.6 is 11.3 Å². The maximum Gasteiger partial charge on any atom is 0.167 e. The van der Waals surface area contributed by atoms with Crippen molar-refractivity contribution in [1.82, 2.24) is 5.32 Å². The Hall–Kier alpha value is -1.72. The van der Waals surface area contributed by atoms with Crippen LogP contribution < -0.4 is 10.2 Å². The van der Waals surface area contributed by atoms with Gasteiger partial charge in [-0.1, -0.05) is 25.5 Å². The van der Waals surface area contributed by atoms with Gasteiger partial charge >= 0.3 is 0 Å². The zero-order valence-electron chi connectivity index (χ0n) is 22.1. The molecular formula is C29H44N2O2S. The van der Waals surface area contributed by atoms with Gasteiger partial charge in [-0.25, -0.2) is 0 Å².